The van der Waals surface area contributed by atoms with E-state index in [-0.39, 0.29) is 24.1 Å². The number of rotatable bonds is 4. The number of para-hydroxylation sites is 1. The maximum Gasteiger partial charge on any atom is 0.263 e. The maximum absolute atomic E-state index is 13.1. The first kappa shape index (κ1) is 17.6. The zero-order valence-corrected chi connectivity index (χ0v) is 16.1. The van der Waals surface area contributed by atoms with Crippen LogP contribution >= 0.6 is 11.3 Å². The fourth-order valence-electron chi connectivity index (χ4n) is 3.47. The van der Waals surface area contributed by atoms with E-state index in [4.69, 9.17) is 4.42 Å². The average Bonchev–Trinajstić information content (AvgIpc) is 3.50. The summed E-state index contributed by atoms with van der Waals surface area (Å²) in [7, 11) is 0. The monoisotopic (exact) mass is 404 g/mol. The van der Waals surface area contributed by atoms with Gasteiger partial charge in [-0.25, -0.2) is 9.99 Å². The highest BCUT2D eigenvalue weighted by Crippen LogP contribution is 2.35. The fourth-order valence-corrected chi connectivity index (χ4v) is 4.28. The molecule has 29 heavy (non-hydrogen) atoms. The predicted octanol–water partition coefficient (Wildman–Crippen LogP) is 3.43. The second kappa shape index (κ2) is 7.14. The SMILES string of the molecule is O=C(Cn1cnc2ccccc2c1=O)N1N=C(c2ccco2)C[C@@H]1c1cccs1. The van der Waals surface area contributed by atoms with Gasteiger partial charge in [0.15, 0.2) is 0 Å². The molecule has 1 aliphatic rings. The van der Waals surface area contributed by atoms with Gasteiger partial charge in [-0.3, -0.25) is 14.2 Å². The van der Waals surface area contributed by atoms with Crippen molar-refractivity contribution >= 4 is 33.9 Å². The van der Waals surface area contributed by atoms with Crippen LogP contribution in [0.5, 0.6) is 0 Å². The molecule has 0 fully saturated rings. The number of carbonyl (C=O) groups is 1. The van der Waals surface area contributed by atoms with Crippen LogP contribution in [0.1, 0.15) is 23.1 Å². The second-order valence-electron chi connectivity index (χ2n) is 6.69. The first-order valence-electron chi connectivity index (χ1n) is 9.12. The van der Waals surface area contributed by atoms with Crippen molar-refractivity contribution in [2.45, 2.75) is 19.0 Å². The second-order valence-corrected chi connectivity index (χ2v) is 7.67. The molecule has 144 valence electrons. The molecule has 1 aliphatic heterocycles. The molecule has 0 spiro atoms. The van der Waals surface area contributed by atoms with Crippen LogP contribution in [0.2, 0.25) is 0 Å². The summed E-state index contributed by atoms with van der Waals surface area (Å²) in [6.07, 6.45) is 3.56. The van der Waals surface area contributed by atoms with Gasteiger partial charge >= 0.3 is 0 Å². The third kappa shape index (κ3) is 3.17. The van der Waals surface area contributed by atoms with Crippen LogP contribution in [-0.2, 0) is 11.3 Å². The van der Waals surface area contributed by atoms with Crippen molar-refractivity contribution in [3.8, 4) is 0 Å². The van der Waals surface area contributed by atoms with E-state index >= 15 is 0 Å². The minimum Gasteiger partial charge on any atom is -0.463 e. The molecule has 4 heterocycles. The number of nitrogens with zero attached hydrogens (tertiary/aromatic N) is 4. The van der Waals surface area contributed by atoms with E-state index < -0.39 is 0 Å². The summed E-state index contributed by atoms with van der Waals surface area (Å²) in [5, 5.41) is 8.46. The van der Waals surface area contributed by atoms with E-state index in [2.05, 4.69) is 10.1 Å². The van der Waals surface area contributed by atoms with Crippen molar-refractivity contribution in [1.82, 2.24) is 14.6 Å². The van der Waals surface area contributed by atoms with E-state index in [1.807, 2.05) is 29.6 Å². The van der Waals surface area contributed by atoms with Gasteiger partial charge in [-0.15, -0.1) is 11.3 Å². The molecule has 0 saturated heterocycles. The number of fused-ring (bicyclic) bond motifs is 1. The Balaban J connectivity index is 1.48. The van der Waals surface area contributed by atoms with Crippen LogP contribution in [-0.4, -0.2) is 26.2 Å². The summed E-state index contributed by atoms with van der Waals surface area (Å²) < 4.78 is 6.80. The molecule has 8 heteroatoms. The quantitative estimate of drug-likeness (QED) is 0.522. The van der Waals surface area contributed by atoms with E-state index in [1.165, 1.54) is 15.9 Å². The molecule has 1 amide bonds. The topological polar surface area (TPSA) is 80.7 Å². The Hall–Kier alpha value is -3.52. The first-order chi connectivity index (χ1) is 14.2. The fraction of sp³-hybridized carbons (Fsp3) is 0.143. The number of thiophene rings is 1. The lowest BCUT2D eigenvalue weighted by Gasteiger charge is -2.21. The summed E-state index contributed by atoms with van der Waals surface area (Å²) in [5.74, 6) is 0.371. The molecular weight excluding hydrogens is 388 g/mol. The summed E-state index contributed by atoms with van der Waals surface area (Å²) in [5.41, 5.74) is 1.08. The van der Waals surface area contributed by atoms with Gasteiger partial charge in [0.05, 0.1) is 29.5 Å². The molecule has 5 rings (SSSR count). The Bertz CT molecular complexity index is 1260. The standard InChI is InChI=1S/C21H16N4O3S/c26-20(12-24-13-22-15-6-2-1-5-14(15)21(24)27)25-17(19-8-4-10-29-19)11-16(23-25)18-7-3-9-28-18/h1-10,13,17H,11-12H2/t17-/m1/s1. The summed E-state index contributed by atoms with van der Waals surface area (Å²) >= 11 is 1.57. The van der Waals surface area contributed by atoms with Crippen molar-refractivity contribution in [1.29, 1.82) is 0 Å². The lowest BCUT2D eigenvalue weighted by molar-refractivity contribution is -0.133. The normalized spacial score (nSPS) is 16.3. The molecule has 1 aromatic carbocycles. The number of aromatic nitrogens is 2. The Morgan fingerprint density at radius 3 is 2.86 bits per heavy atom. The van der Waals surface area contributed by atoms with Crippen molar-refractivity contribution < 1.29 is 9.21 Å². The summed E-state index contributed by atoms with van der Waals surface area (Å²) in [4.78, 5) is 31.2. The predicted molar refractivity (Wildman–Crippen MR) is 110 cm³/mol. The summed E-state index contributed by atoms with van der Waals surface area (Å²) in [6, 6.07) is 14.4. The third-order valence-corrected chi connectivity index (χ3v) is 5.85. The lowest BCUT2D eigenvalue weighted by Crippen LogP contribution is -2.33. The highest BCUT2D eigenvalue weighted by molar-refractivity contribution is 7.10. The van der Waals surface area contributed by atoms with E-state index in [1.54, 1.807) is 41.9 Å². The maximum atomic E-state index is 13.1. The Morgan fingerprint density at radius 1 is 1.17 bits per heavy atom. The lowest BCUT2D eigenvalue weighted by atomic mass is 10.1. The number of furan rings is 1. The van der Waals surface area contributed by atoms with Gasteiger partial charge < -0.3 is 4.42 Å². The van der Waals surface area contributed by atoms with Crippen LogP contribution in [0.15, 0.2) is 80.8 Å². The molecule has 3 aromatic heterocycles. The number of hydrogen-bond donors (Lipinski definition) is 0. The average molecular weight is 404 g/mol. The molecule has 0 radical (unpaired) electrons. The van der Waals surface area contributed by atoms with Gasteiger partial charge in [0.25, 0.3) is 11.5 Å². The van der Waals surface area contributed by atoms with E-state index in [9.17, 15) is 9.59 Å². The first-order valence-corrected chi connectivity index (χ1v) is 9.99. The summed E-state index contributed by atoms with van der Waals surface area (Å²) in [6.45, 7) is -0.131. The van der Waals surface area contributed by atoms with Gasteiger partial charge in [-0.1, -0.05) is 18.2 Å². The molecule has 7 nitrogen and oxygen atoms in total. The van der Waals surface area contributed by atoms with Gasteiger partial charge in [0, 0.05) is 11.3 Å². The van der Waals surface area contributed by atoms with Gasteiger partial charge in [0.1, 0.15) is 18.0 Å². The van der Waals surface area contributed by atoms with Gasteiger partial charge in [-0.05, 0) is 35.7 Å². The molecular formula is C21H16N4O3S. The Morgan fingerprint density at radius 2 is 2.07 bits per heavy atom. The largest absolute Gasteiger partial charge is 0.463 e. The zero-order chi connectivity index (χ0) is 19.8. The molecule has 1 atom stereocenters. The molecule has 0 unspecified atom stereocenters. The molecule has 0 saturated carbocycles. The van der Waals surface area contributed by atoms with Crippen LogP contribution in [0.25, 0.3) is 10.9 Å². The molecule has 0 bridgehead atoms. The highest BCUT2D eigenvalue weighted by atomic mass is 32.1. The van der Waals surface area contributed by atoms with Crippen LogP contribution in [0.3, 0.4) is 0 Å². The minimum atomic E-state index is -0.274. The van der Waals surface area contributed by atoms with Crippen molar-refractivity contribution in [3.05, 3.63) is 87.5 Å². The number of hydrogen-bond acceptors (Lipinski definition) is 6. The van der Waals surface area contributed by atoms with Crippen molar-refractivity contribution in [2.24, 2.45) is 5.10 Å². The molecule has 4 aromatic rings. The van der Waals surface area contributed by atoms with Crippen molar-refractivity contribution in [3.63, 3.8) is 0 Å². The van der Waals surface area contributed by atoms with Crippen molar-refractivity contribution in [2.75, 3.05) is 0 Å². The smallest absolute Gasteiger partial charge is 0.263 e. The van der Waals surface area contributed by atoms with Crippen LogP contribution in [0, 0.1) is 0 Å². The minimum absolute atomic E-state index is 0.131. The molecule has 0 aliphatic carbocycles. The number of benzene rings is 1. The van der Waals surface area contributed by atoms with Crippen LogP contribution < -0.4 is 5.56 Å². The van der Waals surface area contributed by atoms with Crippen LogP contribution in [0.4, 0.5) is 0 Å². The number of carbonyl (C=O) groups excluding carboxylic acids is 1. The Labute approximate surface area is 169 Å². The molecule has 0 N–H and O–H groups in total. The van der Waals surface area contributed by atoms with E-state index in [0.717, 1.165) is 4.88 Å². The number of hydrazone groups is 1. The number of amides is 1. The van der Waals surface area contributed by atoms with Gasteiger partial charge in [0.2, 0.25) is 0 Å². The Kier molecular flexibility index (Phi) is 4.33. The van der Waals surface area contributed by atoms with E-state index in [0.29, 0.717) is 28.8 Å². The highest BCUT2D eigenvalue weighted by Gasteiger charge is 2.34. The third-order valence-electron chi connectivity index (χ3n) is 4.88. The van der Waals surface area contributed by atoms with Gasteiger partial charge in [-0.2, -0.15) is 5.10 Å². The zero-order valence-electron chi connectivity index (χ0n) is 15.3.